The highest BCUT2D eigenvalue weighted by molar-refractivity contribution is 9.10. The van der Waals surface area contributed by atoms with Gasteiger partial charge in [0.2, 0.25) is 0 Å². The monoisotopic (exact) mass is 310 g/mol. The van der Waals surface area contributed by atoms with Gasteiger partial charge in [-0.15, -0.1) is 5.92 Å². The van der Waals surface area contributed by atoms with Crippen molar-refractivity contribution in [3.63, 3.8) is 0 Å². The van der Waals surface area contributed by atoms with Gasteiger partial charge in [0, 0.05) is 10.2 Å². The molecule has 0 aliphatic rings. The lowest BCUT2D eigenvalue weighted by molar-refractivity contribution is 0.0696. The molecule has 0 aromatic heterocycles. The summed E-state index contributed by atoms with van der Waals surface area (Å²) < 4.78 is 0.456. The molecule has 1 rings (SSSR count). The van der Waals surface area contributed by atoms with Gasteiger partial charge in [-0.3, -0.25) is 0 Å². The van der Waals surface area contributed by atoms with Gasteiger partial charge in [0.1, 0.15) is 0 Å². The van der Waals surface area contributed by atoms with E-state index in [1.807, 2.05) is 0 Å². The molecule has 94 valence electrons. The van der Waals surface area contributed by atoms with Gasteiger partial charge in [-0.1, -0.05) is 5.92 Å². The van der Waals surface area contributed by atoms with Crippen molar-refractivity contribution in [3.05, 3.63) is 28.2 Å². The number of benzene rings is 1. The second kappa shape index (κ2) is 6.67. The molecule has 3 N–H and O–H groups in total. The van der Waals surface area contributed by atoms with Crippen molar-refractivity contribution in [3.8, 4) is 11.8 Å². The van der Waals surface area contributed by atoms with Crippen molar-refractivity contribution in [1.82, 2.24) is 5.32 Å². The fourth-order valence-corrected chi connectivity index (χ4v) is 1.57. The maximum absolute atomic E-state index is 11.4. The molecule has 0 heterocycles. The van der Waals surface area contributed by atoms with Gasteiger partial charge in [-0.05, 0) is 41.1 Å². The van der Waals surface area contributed by atoms with Crippen LogP contribution in [0.15, 0.2) is 22.7 Å². The smallest absolute Gasteiger partial charge is 0.336 e. The molecule has 1 aromatic rings. The van der Waals surface area contributed by atoms with Gasteiger partial charge in [-0.2, -0.15) is 0 Å². The molecule has 5 nitrogen and oxygen atoms in total. The van der Waals surface area contributed by atoms with Crippen molar-refractivity contribution >= 4 is 33.6 Å². The Morgan fingerprint density at radius 3 is 2.78 bits per heavy atom. The van der Waals surface area contributed by atoms with Crippen LogP contribution in [0.5, 0.6) is 0 Å². The fraction of sp³-hybridized carbons (Fsp3) is 0.167. The molecule has 0 aliphatic heterocycles. The van der Waals surface area contributed by atoms with Crippen LogP contribution in [0.25, 0.3) is 0 Å². The third-order valence-electron chi connectivity index (χ3n) is 1.97. The van der Waals surface area contributed by atoms with Gasteiger partial charge in [0.05, 0.1) is 12.1 Å². The first-order valence-corrected chi connectivity index (χ1v) is 5.81. The number of anilines is 1. The molecular formula is C12H11BrN2O3. The Morgan fingerprint density at radius 1 is 1.44 bits per heavy atom. The molecule has 6 heteroatoms. The second-order valence-corrected chi connectivity index (χ2v) is 4.09. The van der Waals surface area contributed by atoms with Gasteiger partial charge in [-0.25, -0.2) is 9.59 Å². The molecule has 0 bridgehead atoms. The van der Waals surface area contributed by atoms with Crippen LogP contribution in [0.1, 0.15) is 17.3 Å². The molecule has 0 spiro atoms. The first kappa shape index (κ1) is 14.1. The lowest BCUT2D eigenvalue weighted by Crippen LogP contribution is -2.28. The number of urea groups is 1. The minimum atomic E-state index is -1.07. The van der Waals surface area contributed by atoms with Crippen LogP contribution >= 0.6 is 15.9 Å². The largest absolute Gasteiger partial charge is 0.478 e. The Morgan fingerprint density at radius 2 is 2.17 bits per heavy atom. The average Bonchev–Trinajstić information content (AvgIpc) is 2.31. The molecule has 1 aromatic carbocycles. The summed E-state index contributed by atoms with van der Waals surface area (Å²) in [6.45, 7) is 1.91. The Balaban J connectivity index is 2.72. The second-order valence-electron chi connectivity index (χ2n) is 3.23. The minimum absolute atomic E-state index is 0.0844. The van der Waals surface area contributed by atoms with Crippen molar-refractivity contribution < 1.29 is 14.7 Å². The average molecular weight is 311 g/mol. The van der Waals surface area contributed by atoms with Crippen LogP contribution in [0.3, 0.4) is 0 Å². The van der Waals surface area contributed by atoms with E-state index < -0.39 is 12.0 Å². The van der Waals surface area contributed by atoms with E-state index in [4.69, 9.17) is 5.11 Å². The normalized spacial score (nSPS) is 9.00. The zero-order valence-corrected chi connectivity index (χ0v) is 11.2. The van der Waals surface area contributed by atoms with E-state index in [1.165, 1.54) is 6.07 Å². The van der Waals surface area contributed by atoms with Crippen molar-refractivity contribution in [2.75, 3.05) is 11.9 Å². The lowest BCUT2D eigenvalue weighted by atomic mass is 10.2. The summed E-state index contributed by atoms with van der Waals surface area (Å²) >= 11 is 3.12. The summed E-state index contributed by atoms with van der Waals surface area (Å²) in [5.74, 6) is 4.26. The SMILES string of the molecule is CC#CCNC(=O)Nc1ccc(Br)c(C(=O)O)c1. The molecule has 0 saturated carbocycles. The Labute approximate surface area is 113 Å². The molecule has 0 saturated heterocycles. The van der Waals surface area contributed by atoms with E-state index in [0.29, 0.717) is 10.2 Å². The van der Waals surface area contributed by atoms with E-state index in [2.05, 4.69) is 38.4 Å². The quantitative estimate of drug-likeness (QED) is 0.750. The highest BCUT2D eigenvalue weighted by Crippen LogP contribution is 2.21. The lowest BCUT2D eigenvalue weighted by Gasteiger charge is -2.07. The number of carboxylic acids is 1. The topological polar surface area (TPSA) is 78.4 Å². The van der Waals surface area contributed by atoms with Crippen LogP contribution in [0.4, 0.5) is 10.5 Å². The predicted molar refractivity (Wildman–Crippen MR) is 71.6 cm³/mol. The number of amides is 2. The highest BCUT2D eigenvalue weighted by Gasteiger charge is 2.10. The van der Waals surface area contributed by atoms with E-state index in [1.54, 1.807) is 19.1 Å². The minimum Gasteiger partial charge on any atom is -0.478 e. The molecule has 0 unspecified atom stereocenters. The number of hydrogen-bond donors (Lipinski definition) is 3. The molecule has 0 aliphatic carbocycles. The van der Waals surface area contributed by atoms with Crippen LogP contribution in [0, 0.1) is 11.8 Å². The summed E-state index contributed by atoms with van der Waals surface area (Å²) in [5, 5.41) is 14.0. The molecule has 0 fully saturated rings. The fourth-order valence-electron chi connectivity index (χ4n) is 1.16. The summed E-state index contributed by atoms with van der Waals surface area (Å²) in [4.78, 5) is 22.3. The van der Waals surface area contributed by atoms with Crippen molar-refractivity contribution in [1.29, 1.82) is 0 Å². The third kappa shape index (κ3) is 4.11. The number of carboxylic acid groups (broad SMARTS) is 1. The Kier molecular flexibility index (Phi) is 5.21. The molecule has 0 radical (unpaired) electrons. The van der Waals surface area contributed by atoms with E-state index in [0.717, 1.165) is 0 Å². The van der Waals surface area contributed by atoms with Crippen molar-refractivity contribution in [2.24, 2.45) is 0 Å². The molecule has 0 atom stereocenters. The summed E-state index contributed by atoms with van der Waals surface area (Å²) in [6.07, 6.45) is 0. The van der Waals surface area contributed by atoms with E-state index in [-0.39, 0.29) is 12.1 Å². The number of carbonyl (C=O) groups excluding carboxylic acids is 1. The molecular weight excluding hydrogens is 300 g/mol. The van der Waals surface area contributed by atoms with E-state index in [9.17, 15) is 9.59 Å². The Bertz CT molecular complexity index is 532. The summed E-state index contributed by atoms with van der Waals surface area (Å²) in [7, 11) is 0. The van der Waals surface area contributed by atoms with Crippen LogP contribution in [-0.2, 0) is 0 Å². The Hall–Kier alpha value is -2.00. The van der Waals surface area contributed by atoms with Gasteiger partial charge >= 0.3 is 12.0 Å². The first-order chi connectivity index (χ1) is 8.54. The summed E-state index contributed by atoms with van der Waals surface area (Å²) in [6, 6.07) is 4.10. The molecule has 2 amide bonds. The van der Waals surface area contributed by atoms with Crippen LogP contribution < -0.4 is 10.6 Å². The van der Waals surface area contributed by atoms with Gasteiger partial charge < -0.3 is 15.7 Å². The van der Waals surface area contributed by atoms with Crippen molar-refractivity contribution in [2.45, 2.75) is 6.92 Å². The number of nitrogens with one attached hydrogen (secondary N) is 2. The zero-order chi connectivity index (χ0) is 13.5. The van der Waals surface area contributed by atoms with Gasteiger partial charge in [0.25, 0.3) is 0 Å². The standard InChI is InChI=1S/C12H11BrN2O3/c1-2-3-6-14-12(18)15-8-4-5-10(13)9(7-8)11(16)17/h4-5,7H,6H2,1H3,(H,16,17)(H2,14,15,18). The van der Waals surface area contributed by atoms with Crippen LogP contribution in [0.2, 0.25) is 0 Å². The predicted octanol–water partition coefficient (Wildman–Crippen LogP) is 2.29. The summed E-state index contributed by atoms with van der Waals surface area (Å²) in [5.41, 5.74) is 0.485. The number of carbonyl (C=O) groups is 2. The first-order valence-electron chi connectivity index (χ1n) is 5.02. The number of hydrogen-bond acceptors (Lipinski definition) is 2. The maximum atomic E-state index is 11.4. The molecule has 18 heavy (non-hydrogen) atoms. The number of rotatable bonds is 3. The van der Waals surface area contributed by atoms with E-state index >= 15 is 0 Å². The van der Waals surface area contributed by atoms with Gasteiger partial charge in [0.15, 0.2) is 0 Å². The number of halogens is 1. The number of aromatic carboxylic acids is 1. The zero-order valence-electron chi connectivity index (χ0n) is 9.58. The highest BCUT2D eigenvalue weighted by atomic mass is 79.9. The maximum Gasteiger partial charge on any atom is 0.336 e. The third-order valence-corrected chi connectivity index (χ3v) is 2.66. The van der Waals surface area contributed by atoms with Crippen LogP contribution in [-0.4, -0.2) is 23.7 Å².